The Labute approximate surface area is 66.3 Å². The summed E-state index contributed by atoms with van der Waals surface area (Å²) in [7, 11) is 1.80. The van der Waals surface area contributed by atoms with Crippen LogP contribution in [0.3, 0.4) is 0 Å². The van der Waals surface area contributed by atoms with Gasteiger partial charge in [-0.3, -0.25) is 4.79 Å². The van der Waals surface area contributed by atoms with Crippen molar-refractivity contribution in [3.63, 3.8) is 0 Å². The van der Waals surface area contributed by atoms with Gasteiger partial charge in [-0.05, 0) is 11.5 Å². The molecule has 2 aromatic heterocycles. The maximum absolute atomic E-state index is 11.1. The normalized spacial score (nSPS) is 10.6. The van der Waals surface area contributed by atoms with E-state index < -0.39 is 0 Å². The molecule has 0 aliphatic heterocycles. The van der Waals surface area contributed by atoms with Gasteiger partial charge in [-0.1, -0.05) is 0 Å². The van der Waals surface area contributed by atoms with Crippen molar-refractivity contribution in [2.24, 2.45) is 7.05 Å². The van der Waals surface area contributed by atoms with Gasteiger partial charge in [-0.25, -0.2) is 4.98 Å². The fraction of sp³-hybridized carbons (Fsp3) is 0.167. The molecule has 0 radical (unpaired) electrons. The van der Waals surface area contributed by atoms with Crippen molar-refractivity contribution in [2.45, 2.75) is 0 Å². The molecule has 0 bridgehead atoms. The first-order valence-corrected chi connectivity index (χ1v) is 3.82. The molecule has 0 aliphatic carbocycles. The second-order valence-electron chi connectivity index (χ2n) is 2.20. The lowest BCUT2D eigenvalue weighted by atomic mass is 10.5. The third kappa shape index (κ3) is 0.848. The second-order valence-corrected chi connectivity index (χ2v) is 2.98. The Kier molecular flexibility index (Phi) is 1.25. The van der Waals surface area contributed by atoms with E-state index >= 15 is 0 Å². The summed E-state index contributed by atoms with van der Waals surface area (Å²) in [5, 5.41) is 0. The van der Waals surface area contributed by atoms with Gasteiger partial charge in [0.05, 0.1) is 12.5 Å². The number of fused-ring (bicyclic) bond motifs is 1. The number of nitrogens with zero attached hydrogens (tertiary/aromatic N) is 3. The van der Waals surface area contributed by atoms with Crippen LogP contribution in [0.4, 0.5) is 0 Å². The van der Waals surface area contributed by atoms with Crippen LogP contribution >= 0.6 is 11.5 Å². The van der Waals surface area contributed by atoms with Crippen LogP contribution in [0.2, 0.25) is 0 Å². The number of imidazole rings is 1. The second kappa shape index (κ2) is 2.13. The fourth-order valence-electron chi connectivity index (χ4n) is 0.940. The van der Waals surface area contributed by atoms with Crippen molar-refractivity contribution in [3.8, 4) is 0 Å². The van der Waals surface area contributed by atoms with E-state index in [1.165, 1.54) is 17.7 Å². The highest BCUT2D eigenvalue weighted by Crippen LogP contribution is 2.07. The van der Waals surface area contributed by atoms with Gasteiger partial charge in [0.25, 0.3) is 0 Å². The minimum atomic E-state index is -0.0706. The summed E-state index contributed by atoms with van der Waals surface area (Å²) in [6.07, 6.45) is 2.93. The van der Waals surface area contributed by atoms with E-state index in [0.29, 0.717) is 10.3 Å². The molecule has 0 amide bonds. The van der Waals surface area contributed by atoms with Crippen molar-refractivity contribution < 1.29 is 0 Å². The summed E-state index contributed by atoms with van der Waals surface area (Å²) >= 11 is 1.23. The van der Waals surface area contributed by atoms with E-state index in [-0.39, 0.29) is 5.43 Å². The van der Waals surface area contributed by atoms with Gasteiger partial charge < -0.3 is 4.57 Å². The average Bonchev–Trinajstić information content (AvgIpc) is 2.34. The first kappa shape index (κ1) is 6.48. The van der Waals surface area contributed by atoms with Gasteiger partial charge in [0, 0.05) is 7.05 Å². The van der Waals surface area contributed by atoms with E-state index in [1.807, 2.05) is 0 Å². The molecule has 2 aromatic rings. The molecule has 0 aromatic carbocycles. The number of aromatic nitrogens is 3. The van der Waals surface area contributed by atoms with Crippen LogP contribution in [-0.4, -0.2) is 13.9 Å². The summed E-state index contributed by atoms with van der Waals surface area (Å²) in [5.74, 6) is 0. The molecule has 0 saturated heterocycles. The highest BCUT2D eigenvalue weighted by molar-refractivity contribution is 7.12. The number of rotatable bonds is 0. The summed E-state index contributed by atoms with van der Waals surface area (Å²) in [5.41, 5.74) is 0.559. The molecule has 4 nitrogen and oxygen atoms in total. The van der Waals surface area contributed by atoms with Crippen molar-refractivity contribution in [1.29, 1.82) is 0 Å². The molecule has 2 rings (SSSR count). The molecule has 2 heterocycles. The van der Waals surface area contributed by atoms with Gasteiger partial charge in [-0.15, -0.1) is 0 Å². The fourth-order valence-corrected chi connectivity index (χ4v) is 1.61. The highest BCUT2D eigenvalue weighted by Gasteiger charge is 2.02. The van der Waals surface area contributed by atoms with Crippen molar-refractivity contribution >= 4 is 21.9 Å². The smallest absolute Gasteiger partial charge is 0.224 e. The van der Waals surface area contributed by atoms with Crippen LogP contribution in [0, 0.1) is 0 Å². The molecule has 0 unspecified atom stereocenters. The largest absolute Gasteiger partial charge is 0.330 e. The molecular weight excluding hydrogens is 162 g/mol. The van der Waals surface area contributed by atoms with Crippen molar-refractivity contribution in [3.05, 3.63) is 22.7 Å². The lowest BCUT2D eigenvalue weighted by Crippen LogP contribution is -2.02. The molecule has 0 N–H and O–H groups in total. The Morgan fingerprint density at radius 2 is 2.45 bits per heavy atom. The van der Waals surface area contributed by atoms with Crippen LogP contribution in [0.5, 0.6) is 0 Å². The van der Waals surface area contributed by atoms with Crippen LogP contribution in [-0.2, 0) is 7.05 Å². The predicted molar refractivity (Wildman–Crippen MR) is 42.7 cm³/mol. The van der Waals surface area contributed by atoms with E-state index in [4.69, 9.17) is 0 Å². The zero-order valence-electron chi connectivity index (χ0n) is 5.81. The molecule has 0 saturated carbocycles. The van der Waals surface area contributed by atoms with Gasteiger partial charge in [0.1, 0.15) is 5.52 Å². The Bertz CT molecular complexity index is 444. The minimum Gasteiger partial charge on any atom is -0.330 e. The maximum atomic E-state index is 11.1. The highest BCUT2D eigenvalue weighted by atomic mass is 32.1. The summed E-state index contributed by atoms with van der Waals surface area (Å²) < 4.78 is 5.48. The molecule has 0 spiro atoms. The number of hydrogen-bond donors (Lipinski definition) is 0. The van der Waals surface area contributed by atoms with Crippen molar-refractivity contribution in [1.82, 2.24) is 13.9 Å². The summed E-state index contributed by atoms with van der Waals surface area (Å²) in [4.78, 5) is 15.8. The zero-order valence-corrected chi connectivity index (χ0v) is 6.63. The molecule has 11 heavy (non-hydrogen) atoms. The van der Waals surface area contributed by atoms with Gasteiger partial charge in [-0.2, -0.15) is 4.37 Å². The van der Waals surface area contributed by atoms with Gasteiger partial charge >= 0.3 is 0 Å². The Hall–Kier alpha value is -1.23. The molecular formula is C6H5N3OS. The lowest BCUT2D eigenvalue weighted by molar-refractivity contribution is 0.944. The first-order chi connectivity index (χ1) is 5.29. The summed E-state index contributed by atoms with van der Waals surface area (Å²) in [6.45, 7) is 0. The first-order valence-electron chi connectivity index (χ1n) is 3.05. The average molecular weight is 167 g/mol. The van der Waals surface area contributed by atoms with E-state index in [2.05, 4.69) is 9.36 Å². The standard InChI is InChI=1S/C6H5N3OS/c1-9-3-7-6-5(9)4(10)2-8-11-6/h2-3H,1H3. The van der Waals surface area contributed by atoms with E-state index in [9.17, 15) is 4.79 Å². The third-order valence-electron chi connectivity index (χ3n) is 1.45. The van der Waals surface area contributed by atoms with Gasteiger partial charge in [0.2, 0.25) is 5.43 Å². The monoisotopic (exact) mass is 167 g/mol. The number of aryl methyl sites for hydroxylation is 1. The van der Waals surface area contributed by atoms with Crippen LogP contribution in [0.15, 0.2) is 17.3 Å². The topological polar surface area (TPSA) is 47.8 Å². The molecule has 5 heteroatoms. The SMILES string of the molecule is Cn1cnc2sncc(=O)c21. The molecule has 0 aliphatic rings. The number of hydrogen-bond acceptors (Lipinski definition) is 4. The minimum absolute atomic E-state index is 0.0706. The Balaban J connectivity index is 3.08. The maximum Gasteiger partial charge on any atom is 0.224 e. The van der Waals surface area contributed by atoms with Crippen LogP contribution in [0.25, 0.3) is 10.3 Å². The third-order valence-corrected chi connectivity index (χ3v) is 2.13. The van der Waals surface area contributed by atoms with E-state index in [0.717, 1.165) is 0 Å². The zero-order chi connectivity index (χ0) is 7.84. The molecule has 0 atom stereocenters. The Morgan fingerprint density at radius 3 is 3.18 bits per heavy atom. The lowest BCUT2D eigenvalue weighted by Gasteiger charge is -1.88. The quantitative estimate of drug-likeness (QED) is 0.570. The van der Waals surface area contributed by atoms with Crippen LogP contribution < -0.4 is 5.43 Å². The van der Waals surface area contributed by atoms with Gasteiger partial charge in [0.15, 0.2) is 4.83 Å². The summed E-state index contributed by atoms with van der Waals surface area (Å²) in [6, 6.07) is 0. The van der Waals surface area contributed by atoms with Crippen molar-refractivity contribution in [2.75, 3.05) is 0 Å². The van der Waals surface area contributed by atoms with E-state index in [1.54, 1.807) is 17.9 Å². The Morgan fingerprint density at radius 1 is 1.64 bits per heavy atom. The molecule has 0 fully saturated rings. The molecule has 56 valence electrons. The van der Waals surface area contributed by atoms with Crippen LogP contribution in [0.1, 0.15) is 0 Å². The predicted octanol–water partition coefficient (Wildman–Crippen LogP) is 0.390.